The molecule has 14 heteroatoms. The minimum absolute atomic E-state index is 0.209. The van der Waals surface area contributed by atoms with Gasteiger partial charge in [0.1, 0.15) is 18.8 Å². The Hall–Kier alpha value is -3.04. The standard InChI is InChI=1S/C25H33N3O9SSi/c1-15-12-28(23(31)27-20(15)29)21-19(36-39(5,6)24(2,3)4)25(17(26)14-38(32,33)37-25)18(35-21)13-34-22(30)16-10-8-7-9-11-16/h7-12,14,18-19,21H,13,26H2,1-6H3,(H,27,29,31)/t18?,19-,21+,25?/m0/s1. The second-order valence-electron chi connectivity index (χ2n) is 11.2. The van der Waals surface area contributed by atoms with E-state index in [2.05, 4.69) is 4.98 Å². The normalized spacial score (nSPS) is 26.5. The monoisotopic (exact) mass is 579 g/mol. The van der Waals surface area contributed by atoms with Gasteiger partial charge in [-0.1, -0.05) is 39.0 Å². The molecule has 1 aromatic heterocycles. The number of hydrogen-bond donors (Lipinski definition) is 2. The molecule has 39 heavy (non-hydrogen) atoms. The van der Waals surface area contributed by atoms with E-state index in [0.29, 0.717) is 0 Å². The number of hydrogen-bond acceptors (Lipinski definition) is 10. The van der Waals surface area contributed by atoms with Crippen molar-refractivity contribution in [1.82, 2.24) is 9.55 Å². The molecule has 1 spiro atoms. The minimum Gasteiger partial charge on any atom is -0.459 e. The van der Waals surface area contributed by atoms with E-state index in [9.17, 15) is 22.8 Å². The first-order valence-corrected chi connectivity index (χ1v) is 16.7. The van der Waals surface area contributed by atoms with E-state index in [1.165, 1.54) is 13.1 Å². The van der Waals surface area contributed by atoms with Gasteiger partial charge in [-0.15, -0.1) is 0 Å². The first-order chi connectivity index (χ1) is 18.0. The van der Waals surface area contributed by atoms with Crippen molar-refractivity contribution in [3.05, 3.63) is 79.6 Å². The van der Waals surface area contributed by atoms with Crippen LogP contribution < -0.4 is 17.0 Å². The summed E-state index contributed by atoms with van der Waals surface area (Å²) in [6.07, 6.45) is -2.56. The number of nitrogens with one attached hydrogen (secondary N) is 1. The number of esters is 1. The lowest BCUT2D eigenvalue weighted by Crippen LogP contribution is -2.58. The highest BCUT2D eigenvalue weighted by Gasteiger charge is 2.67. The van der Waals surface area contributed by atoms with Gasteiger partial charge in [0.25, 0.3) is 15.7 Å². The molecule has 0 amide bonds. The van der Waals surface area contributed by atoms with Crippen molar-refractivity contribution in [2.75, 3.05) is 6.61 Å². The maximum Gasteiger partial charge on any atom is 0.338 e. The van der Waals surface area contributed by atoms with E-state index in [0.717, 1.165) is 9.98 Å². The second kappa shape index (κ2) is 9.85. The lowest BCUT2D eigenvalue weighted by molar-refractivity contribution is -0.0646. The molecule has 1 fully saturated rings. The van der Waals surface area contributed by atoms with Gasteiger partial charge in [0.05, 0.1) is 16.7 Å². The first-order valence-electron chi connectivity index (χ1n) is 12.3. The number of carbonyl (C=O) groups is 1. The number of nitrogens with two attached hydrogens (primary N) is 1. The molecule has 12 nitrogen and oxygen atoms in total. The third-order valence-electron chi connectivity index (χ3n) is 7.46. The van der Waals surface area contributed by atoms with Crippen LogP contribution in [-0.2, 0) is 28.2 Å². The number of aryl methyl sites for hydroxylation is 1. The number of rotatable bonds is 6. The van der Waals surface area contributed by atoms with Crippen LogP contribution in [0.3, 0.4) is 0 Å². The van der Waals surface area contributed by atoms with E-state index in [4.69, 9.17) is 23.8 Å². The molecule has 2 unspecified atom stereocenters. The van der Waals surface area contributed by atoms with Crippen molar-refractivity contribution >= 4 is 24.4 Å². The number of carbonyl (C=O) groups excluding carboxylic acids is 1. The fourth-order valence-corrected chi connectivity index (χ4v) is 6.80. The molecule has 1 aromatic carbocycles. The predicted molar refractivity (Wildman–Crippen MR) is 144 cm³/mol. The van der Waals surface area contributed by atoms with E-state index in [-0.39, 0.29) is 21.9 Å². The summed E-state index contributed by atoms with van der Waals surface area (Å²) >= 11 is 0. The van der Waals surface area contributed by atoms with Crippen molar-refractivity contribution < 1.29 is 31.3 Å². The summed E-state index contributed by atoms with van der Waals surface area (Å²) in [5, 5.41) is 0.423. The number of nitrogens with zero attached hydrogens (tertiary/aromatic N) is 1. The molecule has 0 aliphatic carbocycles. The molecule has 212 valence electrons. The van der Waals surface area contributed by atoms with Crippen molar-refractivity contribution in [1.29, 1.82) is 0 Å². The van der Waals surface area contributed by atoms with Gasteiger partial charge in [-0.2, -0.15) is 8.42 Å². The summed E-state index contributed by atoms with van der Waals surface area (Å²) in [6.45, 7) is 10.9. The summed E-state index contributed by atoms with van der Waals surface area (Å²) in [6, 6.07) is 8.20. The van der Waals surface area contributed by atoms with Gasteiger partial charge in [-0.25, -0.2) is 13.8 Å². The topological polar surface area (TPSA) is 169 Å². The number of aromatic nitrogens is 2. The molecule has 4 rings (SSSR count). The van der Waals surface area contributed by atoms with E-state index in [1.807, 2.05) is 33.9 Å². The molecule has 3 N–H and O–H groups in total. The number of H-pyrrole nitrogens is 1. The van der Waals surface area contributed by atoms with E-state index >= 15 is 0 Å². The molecule has 2 aliphatic rings. The molecule has 0 bridgehead atoms. The molecular formula is C25H33N3O9SSi. The SMILES string of the molecule is Cc1cn([C@@H]2OC(COC(=O)c3ccccc3)C3(OS(=O)(=O)C=C3N)[C@H]2O[Si](C)(C)C(C)(C)C)c(=O)[nH]c1=O. The fourth-order valence-electron chi connectivity index (χ4n) is 4.30. The van der Waals surface area contributed by atoms with E-state index in [1.54, 1.807) is 30.3 Å². The zero-order valence-corrected chi connectivity index (χ0v) is 24.4. The Labute approximate surface area is 227 Å². The third-order valence-corrected chi connectivity index (χ3v) is 13.0. The number of benzene rings is 1. The van der Waals surface area contributed by atoms with Crippen LogP contribution in [0.4, 0.5) is 0 Å². The van der Waals surface area contributed by atoms with Crippen molar-refractivity contribution in [2.45, 2.75) is 69.9 Å². The van der Waals surface area contributed by atoms with Gasteiger partial charge in [-0.05, 0) is 37.2 Å². The quantitative estimate of drug-likeness (QED) is 0.293. The summed E-state index contributed by atoms with van der Waals surface area (Å²) in [4.78, 5) is 40.0. The summed E-state index contributed by atoms with van der Waals surface area (Å²) in [5.74, 6) is -0.680. The van der Waals surface area contributed by atoms with Crippen LogP contribution in [-0.4, -0.2) is 56.7 Å². The highest BCUT2D eigenvalue weighted by atomic mass is 32.2. The van der Waals surface area contributed by atoms with Crippen LogP contribution in [0.2, 0.25) is 18.1 Å². The Morgan fingerprint density at radius 1 is 1.21 bits per heavy atom. The zero-order valence-electron chi connectivity index (χ0n) is 22.6. The molecule has 0 radical (unpaired) electrons. The number of ether oxygens (including phenoxy) is 2. The molecule has 2 aliphatic heterocycles. The van der Waals surface area contributed by atoms with Crippen LogP contribution in [0, 0.1) is 6.92 Å². The maximum atomic E-state index is 13.0. The Balaban J connectivity index is 1.85. The predicted octanol–water partition coefficient (Wildman–Crippen LogP) is 1.89. The van der Waals surface area contributed by atoms with Crippen molar-refractivity contribution in [2.24, 2.45) is 5.73 Å². The minimum atomic E-state index is -4.28. The Morgan fingerprint density at radius 2 is 1.85 bits per heavy atom. The average Bonchev–Trinajstić information content (AvgIpc) is 3.26. The summed E-state index contributed by atoms with van der Waals surface area (Å²) < 4.78 is 50.6. The third kappa shape index (κ3) is 5.26. The van der Waals surface area contributed by atoms with Crippen molar-refractivity contribution in [3.8, 4) is 0 Å². The maximum absolute atomic E-state index is 13.0. The largest absolute Gasteiger partial charge is 0.459 e. The van der Waals surface area contributed by atoms with Crippen LogP contribution >= 0.6 is 0 Å². The van der Waals surface area contributed by atoms with Gasteiger partial charge in [0.2, 0.25) is 0 Å². The molecule has 1 saturated heterocycles. The zero-order chi connectivity index (χ0) is 29.0. The molecule has 3 heterocycles. The lowest BCUT2D eigenvalue weighted by atomic mass is 9.89. The summed E-state index contributed by atoms with van der Waals surface area (Å²) in [5.41, 5.74) is 3.25. The van der Waals surface area contributed by atoms with Crippen molar-refractivity contribution in [3.63, 3.8) is 0 Å². The summed E-state index contributed by atoms with van der Waals surface area (Å²) in [7, 11) is -7.00. The average molecular weight is 580 g/mol. The van der Waals surface area contributed by atoms with Gasteiger partial charge >= 0.3 is 11.7 Å². The highest BCUT2D eigenvalue weighted by Crippen LogP contribution is 2.51. The smallest absolute Gasteiger partial charge is 0.338 e. The van der Waals surface area contributed by atoms with Crippen LogP contribution in [0.1, 0.15) is 42.9 Å². The molecule has 2 aromatic rings. The number of aromatic amines is 1. The fraction of sp³-hybridized carbons (Fsp3) is 0.480. The lowest BCUT2D eigenvalue weighted by Gasteiger charge is -2.43. The molecule has 0 saturated carbocycles. The molecular weight excluding hydrogens is 546 g/mol. The first kappa shape index (κ1) is 29.0. The van der Waals surface area contributed by atoms with E-state index < -0.39 is 66.3 Å². The van der Waals surface area contributed by atoms with Crippen LogP contribution in [0.15, 0.2) is 57.2 Å². The second-order valence-corrected chi connectivity index (χ2v) is 17.3. The van der Waals surface area contributed by atoms with Gasteiger partial charge in [0.15, 0.2) is 20.1 Å². The van der Waals surface area contributed by atoms with Gasteiger partial charge in [-0.3, -0.25) is 14.3 Å². The Bertz CT molecular complexity index is 1530. The van der Waals surface area contributed by atoms with Crippen LogP contribution in [0.25, 0.3) is 0 Å². The Kier molecular flexibility index (Phi) is 7.32. The Morgan fingerprint density at radius 3 is 2.41 bits per heavy atom. The molecule has 4 atom stereocenters. The van der Waals surface area contributed by atoms with Gasteiger partial charge < -0.3 is 19.6 Å². The highest BCUT2D eigenvalue weighted by molar-refractivity contribution is 7.90. The van der Waals surface area contributed by atoms with Gasteiger partial charge in [0, 0.05) is 11.8 Å². The van der Waals surface area contributed by atoms with Crippen LogP contribution in [0.5, 0.6) is 0 Å².